The minimum atomic E-state index is -3.63. The van der Waals surface area contributed by atoms with Crippen LogP contribution >= 0.6 is 11.6 Å². The number of sulfonamides is 1. The first-order valence-corrected chi connectivity index (χ1v) is 7.81. The summed E-state index contributed by atoms with van der Waals surface area (Å²) in [7, 11) is -3.63. The summed E-state index contributed by atoms with van der Waals surface area (Å²) in [4.78, 5) is 0.108. The molecule has 6 heteroatoms. The van der Waals surface area contributed by atoms with Gasteiger partial charge in [-0.2, -0.15) is 0 Å². The van der Waals surface area contributed by atoms with Gasteiger partial charge in [-0.15, -0.1) is 0 Å². The number of halogens is 1. The molecule has 0 saturated carbocycles. The average molecular weight is 312 g/mol. The Balaban J connectivity index is 2.19. The molecule has 2 aromatic carbocycles. The highest BCUT2D eigenvalue weighted by Crippen LogP contribution is 2.20. The number of aromatic hydroxyl groups is 1. The number of benzene rings is 2. The molecule has 0 aliphatic heterocycles. The van der Waals surface area contributed by atoms with Crippen molar-refractivity contribution in [1.29, 1.82) is 0 Å². The Morgan fingerprint density at radius 1 is 1.05 bits per heavy atom. The largest absolute Gasteiger partial charge is 0.508 e. The molecule has 0 amide bonds. The van der Waals surface area contributed by atoms with Crippen LogP contribution in [0.25, 0.3) is 0 Å². The van der Waals surface area contributed by atoms with E-state index in [4.69, 9.17) is 11.6 Å². The third-order valence-corrected chi connectivity index (χ3v) is 4.66. The summed E-state index contributed by atoms with van der Waals surface area (Å²) in [6.45, 7) is 1.75. The molecule has 0 heterocycles. The predicted molar refractivity (Wildman–Crippen MR) is 78.3 cm³/mol. The molecular formula is C14H14ClNO3S. The molecule has 0 spiro atoms. The van der Waals surface area contributed by atoms with Crippen LogP contribution in [0.5, 0.6) is 5.75 Å². The van der Waals surface area contributed by atoms with E-state index in [2.05, 4.69) is 4.72 Å². The molecule has 0 aromatic heterocycles. The number of phenolic OH excluding ortho intramolecular Hbond substituents is 1. The van der Waals surface area contributed by atoms with Crippen molar-refractivity contribution >= 4 is 21.6 Å². The van der Waals surface area contributed by atoms with Crippen LogP contribution in [-0.2, 0) is 10.0 Å². The smallest absolute Gasteiger partial charge is 0.241 e. The molecule has 0 aliphatic carbocycles. The van der Waals surface area contributed by atoms with Gasteiger partial charge in [0.25, 0.3) is 0 Å². The highest BCUT2D eigenvalue weighted by molar-refractivity contribution is 7.89. The lowest BCUT2D eigenvalue weighted by molar-refractivity contribution is 0.474. The van der Waals surface area contributed by atoms with E-state index in [-0.39, 0.29) is 16.7 Å². The summed E-state index contributed by atoms with van der Waals surface area (Å²) in [6.07, 6.45) is 0. The average Bonchev–Trinajstić information content (AvgIpc) is 2.39. The standard InChI is InChI=1S/C14H14ClNO3S/c1-10(11-2-4-12(15)5-3-11)16-20(18,19)14-8-6-13(17)7-9-14/h2-10,16-17H,1H3. The zero-order chi connectivity index (χ0) is 14.8. The molecule has 0 bridgehead atoms. The van der Waals surface area contributed by atoms with Gasteiger partial charge in [-0.25, -0.2) is 13.1 Å². The Morgan fingerprint density at radius 3 is 2.15 bits per heavy atom. The summed E-state index contributed by atoms with van der Waals surface area (Å²) < 4.78 is 26.9. The van der Waals surface area contributed by atoms with E-state index in [1.807, 2.05) is 0 Å². The van der Waals surface area contributed by atoms with Gasteiger partial charge in [-0.3, -0.25) is 0 Å². The minimum absolute atomic E-state index is 0.0229. The van der Waals surface area contributed by atoms with E-state index in [1.165, 1.54) is 24.3 Å². The summed E-state index contributed by atoms with van der Waals surface area (Å²) in [6, 6.07) is 12.0. The van der Waals surface area contributed by atoms with Gasteiger partial charge in [-0.05, 0) is 48.9 Å². The summed E-state index contributed by atoms with van der Waals surface area (Å²) in [5.74, 6) is 0.0229. The molecule has 2 N–H and O–H groups in total. The van der Waals surface area contributed by atoms with E-state index in [9.17, 15) is 13.5 Å². The van der Waals surface area contributed by atoms with Crippen LogP contribution in [0.2, 0.25) is 5.02 Å². The Labute approximate surface area is 123 Å². The van der Waals surface area contributed by atoms with E-state index in [0.717, 1.165) is 5.56 Å². The lowest BCUT2D eigenvalue weighted by Gasteiger charge is -2.14. The van der Waals surface area contributed by atoms with E-state index < -0.39 is 10.0 Å². The fourth-order valence-electron chi connectivity index (χ4n) is 1.75. The van der Waals surface area contributed by atoms with Crippen molar-refractivity contribution in [2.45, 2.75) is 17.9 Å². The van der Waals surface area contributed by atoms with Crippen LogP contribution in [-0.4, -0.2) is 13.5 Å². The molecule has 106 valence electrons. The number of hydrogen-bond donors (Lipinski definition) is 2. The van der Waals surface area contributed by atoms with Gasteiger partial charge in [0.1, 0.15) is 5.75 Å². The van der Waals surface area contributed by atoms with Crippen LogP contribution < -0.4 is 4.72 Å². The fraction of sp³-hybridized carbons (Fsp3) is 0.143. The highest BCUT2D eigenvalue weighted by atomic mass is 35.5. The molecule has 4 nitrogen and oxygen atoms in total. The summed E-state index contributed by atoms with van der Waals surface area (Å²) in [5.41, 5.74) is 0.816. The first kappa shape index (κ1) is 14.8. The lowest BCUT2D eigenvalue weighted by atomic mass is 10.1. The Kier molecular flexibility index (Phi) is 4.32. The highest BCUT2D eigenvalue weighted by Gasteiger charge is 2.18. The van der Waals surface area contributed by atoms with Crippen LogP contribution in [0.1, 0.15) is 18.5 Å². The van der Waals surface area contributed by atoms with Crippen molar-refractivity contribution in [3.05, 3.63) is 59.1 Å². The first-order chi connectivity index (χ1) is 9.38. The van der Waals surface area contributed by atoms with Gasteiger partial charge in [0.2, 0.25) is 10.0 Å². The van der Waals surface area contributed by atoms with Crippen molar-refractivity contribution < 1.29 is 13.5 Å². The quantitative estimate of drug-likeness (QED) is 0.912. The zero-order valence-electron chi connectivity index (χ0n) is 10.7. The van der Waals surface area contributed by atoms with E-state index >= 15 is 0 Å². The van der Waals surface area contributed by atoms with Crippen LogP contribution in [0, 0.1) is 0 Å². The molecule has 20 heavy (non-hydrogen) atoms. The second-order valence-corrected chi connectivity index (χ2v) is 6.54. The minimum Gasteiger partial charge on any atom is -0.508 e. The van der Waals surface area contributed by atoms with E-state index in [1.54, 1.807) is 31.2 Å². The maximum atomic E-state index is 12.2. The molecule has 1 atom stereocenters. The van der Waals surface area contributed by atoms with Gasteiger partial charge >= 0.3 is 0 Å². The molecule has 2 aromatic rings. The lowest BCUT2D eigenvalue weighted by Crippen LogP contribution is -2.26. The SMILES string of the molecule is CC(NS(=O)(=O)c1ccc(O)cc1)c1ccc(Cl)cc1. The van der Waals surface area contributed by atoms with Gasteiger partial charge in [0.15, 0.2) is 0 Å². The number of nitrogens with one attached hydrogen (secondary N) is 1. The molecule has 1 unspecified atom stereocenters. The molecule has 2 rings (SSSR count). The summed E-state index contributed by atoms with van der Waals surface area (Å²) >= 11 is 5.80. The number of hydrogen-bond acceptors (Lipinski definition) is 3. The molecular weight excluding hydrogens is 298 g/mol. The molecule has 0 saturated heterocycles. The van der Waals surface area contributed by atoms with E-state index in [0.29, 0.717) is 5.02 Å². The van der Waals surface area contributed by atoms with Crippen LogP contribution in [0.4, 0.5) is 0 Å². The van der Waals surface area contributed by atoms with Crippen molar-refractivity contribution in [2.75, 3.05) is 0 Å². The monoisotopic (exact) mass is 311 g/mol. The maximum Gasteiger partial charge on any atom is 0.241 e. The van der Waals surface area contributed by atoms with Gasteiger partial charge < -0.3 is 5.11 Å². The molecule has 0 fully saturated rings. The zero-order valence-corrected chi connectivity index (χ0v) is 12.3. The predicted octanol–water partition coefficient (Wildman–Crippen LogP) is 3.09. The van der Waals surface area contributed by atoms with Crippen LogP contribution in [0.3, 0.4) is 0 Å². The van der Waals surface area contributed by atoms with Gasteiger partial charge in [0.05, 0.1) is 4.90 Å². The van der Waals surface area contributed by atoms with Crippen molar-refractivity contribution in [2.24, 2.45) is 0 Å². The topological polar surface area (TPSA) is 66.4 Å². The third-order valence-electron chi connectivity index (χ3n) is 2.85. The van der Waals surface area contributed by atoms with Gasteiger partial charge in [-0.1, -0.05) is 23.7 Å². The number of rotatable bonds is 4. The fourth-order valence-corrected chi connectivity index (χ4v) is 3.10. The van der Waals surface area contributed by atoms with Gasteiger partial charge in [0, 0.05) is 11.1 Å². The Hall–Kier alpha value is -1.56. The second kappa shape index (κ2) is 5.83. The van der Waals surface area contributed by atoms with Crippen molar-refractivity contribution in [1.82, 2.24) is 4.72 Å². The van der Waals surface area contributed by atoms with Crippen molar-refractivity contribution in [3.8, 4) is 5.75 Å². The number of phenols is 1. The first-order valence-electron chi connectivity index (χ1n) is 5.95. The Bertz CT molecular complexity index is 681. The molecule has 0 radical (unpaired) electrons. The third kappa shape index (κ3) is 3.50. The second-order valence-electron chi connectivity index (χ2n) is 4.39. The normalized spacial score (nSPS) is 13.1. The maximum absolute atomic E-state index is 12.2. The Morgan fingerprint density at radius 2 is 1.60 bits per heavy atom. The van der Waals surface area contributed by atoms with Crippen LogP contribution in [0.15, 0.2) is 53.4 Å². The van der Waals surface area contributed by atoms with Crippen molar-refractivity contribution in [3.63, 3.8) is 0 Å². The molecule has 0 aliphatic rings. The summed E-state index contributed by atoms with van der Waals surface area (Å²) in [5, 5.41) is 9.78.